The molecule has 0 unspecified atom stereocenters. The Kier molecular flexibility index (Phi) is 5.18. The second kappa shape index (κ2) is 7.52. The van der Waals surface area contributed by atoms with Crippen molar-refractivity contribution in [2.24, 2.45) is 0 Å². The molecule has 1 amide bonds. The van der Waals surface area contributed by atoms with Gasteiger partial charge in [0, 0.05) is 38.3 Å². The Morgan fingerprint density at radius 2 is 1.92 bits per heavy atom. The molecule has 2 heterocycles. The van der Waals surface area contributed by atoms with E-state index in [-0.39, 0.29) is 11.4 Å². The standard InChI is InChI=1S/C17H19F2N5O/c1-2-23-5-7-24(8-6-23)16-10-15(20-11-21-16)17(25)22-14-4-3-12(18)9-13(14)19/h3-4,9-11H,2,5-8H2,1H3,(H,22,25). The van der Waals surface area contributed by atoms with E-state index in [9.17, 15) is 13.6 Å². The van der Waals surface area contributed by atoms with Crippen molar-refractivity contribution in [1.82, 2.24) is 14.9 Å². The van der Waals surface area contributed by atoms with Crippen LogP contribution < -0.4 is 10.2 Å². The van der Waals surface area contributed by atoms with Crippen LogP contribution in [0.2, 0.25) is 0 Å². The molecule has 0 radical (unpaired) electrons. The van der Waals surface area contributed by atoms with Crippen LogP contribution in [0.5, 0.6) is 0 Å². The molecule has 0 spiro atoms. The number of piperazine rings is 1. The first kappa shape index (κ1) is 17.2. The summed E-state index contributed by atoms with van der Waals surface area (Å²) in [5.74, 6) is -1.44. The van der Waals surface area contributed by atoms with E-state index in [1.54, 1.807) is 6.07 Å². The van der Waals surface area contributed by atoms with Crippen LogP contribution in [0.4, 0.5) is 20.3 Å². The van der Waals surface area contributed by atoms with Crippen LogP contribution in [0, 0.1) is 11.6 Å². The highest BCUT2D eigenvalue weighted by molar-refractivity contribution is 6.03. The molecule has 132 valence electrons. The third-order valence-corrected chi connectivity index (χ3v) is 4.21. The number of anilines is 2. The van der Waals surface area contributed by atoms with Gasteiger partial charge in [0.15, 0.2) is 0 Å². The summed E-state index contributed by atoms with van der Waals surface area (Å²) < 4.78 is 26.6. The van der Waals surface area contributed by atoms with Crippen molar-refractivity contribution in [2.45, 2.75) is 6.92 Å². The molecule has 0 atom stereocenters. The molecule has 2 aromatic rings. The molecular weight excluding hydrogens is 328 g/mol. The molecule has 1 fully saturated rings. The molecule has 3 rings (SSSR count). The summed E-state index contributed by atoms with van der Waals surface area (Å²) in [5.41, 5.74) is 0.0368. The number of likely N-dealkylation sites (N-methyl/N-ethyl adjacent to an activating group) is 1. The highest BCUT2D eigenvalue weighted by Crippen LogP contribution is 2.18. The fourth-order valence-corrected chi connectivity index (χ4v) is 2.71. The highest BCUT2D eigenvalue weighted by Gasteiger charge is 2.19. The van der Waals surface area contributed by atoms with Crippen molar-refractivity contribution in [1.29, 1.82) is 0 Å². The number of hydrogen-bond donors (Lipinski definition) is 1. The fraction of sp³-hybridized carbons (Fsp3) is 0.353. The summed E-state index contributed by atoms with van der Waals surface area (Å²) >= 11 is 0. The van der Waals surface area contributed by atoms with Crippen molar-refractivity contribution in [3.05, 3.63) is 47.9 Å². The van der Waals surface area contributed by atoms with Gasteiger partial charge in [-0.05, 0) is 18.7 Å². The Bertz CT molecular complexity index is 762. The second-order valence-electron chi connectivity index (χ2n) is 5.76. The smallest absolute Gasteiger partial charge is 0.274 e. The number of rotatable bonds is 4. The summed E-state index contributed by atoms with van der Waals surface area (Å²) in [4.78, 5) is 24.9. The minimum Gasteiger partial charge on any atom is -0.354 e. The maximum absolute atomic E-state index is 13.7. The van der Waals surface area contributed by atoms with E-state index < -0.39 is 17.5 Å². The Balaban J connectivity index is 1.71. The normalized spacial score (nSPS) is 15.2. The van der Waals surface area contributed by atoms with Gasteiger partial charge in [-0.2, -0.15) is 0 Å². The number of aromatic nitrogens is 2. The molecular formula is C17H19F2N5O. The number of nitrogens with one attached hydrogen (secondary N) is 1. The average Bonchev–Trinajstić information content (AvgIpc) is 2.64. The number of hydrogen-bond acceptors (Lipinski definition) is 5. The van der Waals surface area contributed by atoms with Crippen LogP contribution in [0.25, 0.3) is 0 Å². The molecule has 25 heavy (non-hydrogen) atoms. The topological polar surface area (TPSA) is 61.4 Å². The van der Waals surface area contributed by atoms with E-state index in [4.69, 9.17) is 0 Å². The lowest BCUT2D eigenvalue weighted by Gasteiger charge is -2.34. The minimum atomic E-state index is -0.835. The average molecular weight is 347 g/mol. The lowest BCUT2D eigenvalue weighted by atomic mass is 10.2. The molecule has 8 heteroatoms. The summed E-state index contributed by atoms with van der Waals surface area (Å²) in [6.45, 7) is 6.63. The van der Waals surface area contributed by atoms with E-state index in [0.29, 0.717) is 11.9 Å². The summed E-state index contributed by atoms with van der Waals surface area (Å²) in [5, 5.41) is 2.40. The molecule has 1 aliphatic rings. The Labute approximate surface area is 144 Å². The first-order chi connectivity index (χ1) is 12.1. The van der Waals surface area contributed by atoms with Crippen molar-refractivity contribution < 1.29 is 13.6 Å². The van der Waals surface area contributed by atoms with E-state index in [2.05, 4.69) is 32.0 Å². The number of nitrogens with zero attached hydrogens (tertiary/aromatic N) is 4. The predicted octanol–water partition coefficient (Wildman–Crippen LogP) is 2.15. The monoisotopic (exact) mass is 347 g/mol. The van der Waals surface area contributed by atoms with Crippen LogP contribution >= 0.6 is 0 Å². The summed E-state index contributed by atoms with van der Waals surface area (Å²) in [6, 6.07) is 4.55. The predicted molar refractivity (Wildman–Crippen MR) is 90.7 cm³/mol. The van der Waals surface area contributed by atoms with Crippen LogP contribution in [0.1, 0.15) is 17.4 Å². The zero-order chi connectivity index (χ0) is 17.8. The van der Waals surface area contributed by atoms with Gasteiger partial charge in [-0.25, -0.2) is 18.7 Å². The van der Waals surface area contributed by atoms with Gasteiger partial charge >= 0.3 is 0 Å². The van der Waals surface area contributed by atoms with Crippen LogP contribution in [0.3, 0.4) is 0 Å². The van der Waals surface area contributed by atoms with E-state index in [0.717, 1.165) is 38.8 Å². The number of halogens is 2. The summed E-state index contributed by atoms with van der Waals surface area (Å²) in [7, 11) is 0. The first-order valence-corrected chi connectivity index (χ1v) is 8.12. The van der Waals surface area contributed by atoms with Gasteiger partial charge < -0.3 is 15.1 Å². The van der Waals surface area contributed by atoms with Gasteiger partial charge in [0.2, 0.25) is 0 Å². The van der Waals surface area contributed by atoms with E-state index in [1.807, 2.05) is 0 Å². The van der Waals surface area contributed by atoms with Gasteiger partial charge in [0.05, 0.1) is 5.69 Å². The maximum Gasteiger partial charge on any atom is 0.274 e. The van der Waals surface area contributed by atoms with Crippen molar-refractivity contribution in [3.8, 4) is 0 Å². The Hall–Kier alpha value is -2.61. The SMILES string of the molecule is CCN1CCN(c2cc(C(=O)Nc3ccc(F)cc3F)ncn2)CC1. The van der Waals surface area contributed by atoms with Crippen molar-refractivity contribution in [2.75, 3.05) is 42.9 Å². The Morgan fingerprint density at radius 3 is 2.60 bits per heavy atom. The highest BCUT2D eigenvalue weighted by atomic mass is 19.1. The maximum atomic E-state index is 13.7. The molecule has 1 N–H and O–H groups in total. The van der Waals surface area contributed by atoms with Crippen molar-refractivity contribution in [3.63, 3.8) is 0 Å². The zero-order valence-electron chi connectivity index (χ0n) is 13.9. The molecule has 0 bridgehead atoms. The largest absolute Gasteiger partial charge is 0.354 e. The molecule has 1 aliphatic heterocycles. The molecule has 1 saturated heterocycles. The molecule has 1 aromatic carbocycles. The number of benzene rings is 1. The number of carbonyl (C=O) groups excluding carboxylic acids is 1. The van der Waals surface area contributed by atoms with E-state index in [1.165, 1.54) is 12.4 Å². The van der Waals surface area contributed by atoms with Gasteiger partial charge in [0.25, 0.3) is 5.91 Å². The van der Waals surface area contributed by atoms with Gasteiger partial charge in [-0.15, -0.1) is 0 Å². The van der Waals surface area contributed by atoms with Crippen LogP contribution in [-0.4, -0.2) is 53.5 Å². The third kappa shape index (κ3) is 4.08. The van der Waals surface area contributed by atoms with E-state index >= 15 is 0 Å². The fourth-order valence-electron chi connectivity index (χ4n) is 2.71. The molecule has 6 nitrogen and oxygen atoms in total. The molecule has 1 aromatic heterocycles. The van der Waals surface area contributed by atoms with Gasteiger partial charge in [-0.3, -0.25) is 4.79 Å². The van der Waals surface area contributed by atoms with Gasteiger partial charge in [-0.1, -0.05) is 6.92 Å². The summed E-state index contributed by atoms with van der Waals surface area (Å²) in [6.07, 6.45) is 1.32. The first-order valence-electron chi connectivity index (χ1n) is 8.12. The van der Waals surface area contributed by atoms with Crippen LogP contribution in [0.15, 0.2) is 30.6 Å². The third-order valence-electron chi connectivity index (χ3n) is 4.21. The zero-order valence-corrected chi connectivity index (χ0v) is 13.9. The second-order valence-corrected chi connectivity index (χ2v) is 5.76. The van der Waals surface area contributed by atoms with Crippen molar-refractivity contribution >= 4 is 17.4 Å². The molecule has 0 saturated carbocycles. The van der Waals surface area contributed by atoms with Gasteiger partial charge in [0.1, 0.15) is 29.5 Å². The quantitative estimate of drug-likeness (QED) is 0.918. The number of carbonyl (C=O) groups is 1. The molecule has 0 aliphatic carbocycles. The number of amides is 1. The lowest BCUT2D eigenvalue weighted by molar-refractivity contribution is 0.102. The Morgan fingerprint density at radius 1 is 1.16 bits per heavy atom. The lowest BCUT2D eigenvalue weighted by Crippen LogP contribution is -2.46. The van der Waals surface area contributed by atoms with Crippen LogP contribution in [-0.2, 0) is 0 Å². The minimum absolute atomic E-state index is 0.0943.